The van der Waals surface area contributed by atoms with Gasteiger partial charge in [0.25, 0.3) is 0 Å². The van der Waals surface area contributed by atoms with E-state index in [4.69, 9.17) is 5.26 Å². The molecule has 1 heteroatoms. The average Bonchev–Trinajstić information content (AvgIpc) is 2.05. The van der Waals surface area contributed by atoms with Gasteiger partial charge in [0.2, 0.25) is 0 Å². The first-order chi connectivity index (χ1) is 5.65. The quantitative estimate of drug-likeness (QED) is 0.616. The number of rotatable bonds is 1. The van der Waals surface area contributed by atoms with Gasteiger partial charge in [-0.25, -0.2) is 0 Å². The van der Waals surface area contributed by atoms with E-state index >= 15 is 0 Å². The van der Waals surface area contributed by atoms with Crippen LogP contribution in [0.3, 0.4) is 0 Å². The molecule has 1 aromatic carbocycles. The summed E-state index contributed by atoms with van der Waals surface area (Å²) in [7, 11) is 0. The van der Waals surface area contributed by atoms with Gasteiger partial charge < -0.3 is 0 Å². The van der Waals surface area contributed by atoms with Gasteiger partial charge in [0, 0.05) is 0 Å². The van der Waals surface area contributed by atoms with Gasteiger partial charge in [-0.2, -0.15) is 5.26 Å². The number of aryl methyl sites for hydroxylation is 1. The Balaban J connectivity index is 3.16. The van der Waals surface area contributed by atoms with E-state index in [1.165, 1.54) is 0 Å². The molecule has 1 unspecified atom stereocenters. The third-order valence-electron chi connectivity index (χ3n) is 1.95. The maximum absolute atomic E-state index is 8.75. The molecule has 61 valence electrons. The third kappa shape index (κ3) is 1.65. The van der Waals surface area contributed by atoms with Crippen molar-refractivity contribution in [2.75, 3.05) is 0 Å². The third-order valence-corrected chi connectivity index (χ3v) is 1.95. The lowest BCUT2D eigenvalue weighted by Gasteiger charge is -2.06. The van der Waals surface area contributed by atoms with E-state index in [2.05, 4.69) is 13.0 Å². The van der Waals surface area contributed by atoms with Gasteiger partial charge in [0.05, 0.1) is 11.6 Å². The van der Waals surface area contributed by atoms with Crippen molar-refractivity contribution in [3.63, 3.8) is 0 Å². The summed E-state index contributed by atoms with van der Waals surface area (Å²) in [6.07, 6.45) is 0. The number of hydrogen-bond donors (Lipinski definition) is 0. The van der Waals surface area contributed by atoms with Crippen molar-refractivity contribution in [3.05, 3.63) is 41.8 Å². The van der Waals surface area contributed by atoms with E-state index in [-0.39, 0.29) is 5.92 Å². The predicted molar refractivity (Wildman–Crippen MR) is 49.7 cm³/mol. The highest BCUT2D eigenvalue weighted by molar-refractivity contribution is 5.40. The molecular formula is C11H12N. The fourth-order valence-corrected chi connectivity index (χ4v) is 1.07. The SMILES string of the molecule is [CH2]C(C)c1ccc(C)c(C#N)c1. The maximum atomic E-state index is 8.75. The molecule has 0 aliphatic rings. The average molecular weight is 158 g/mol. The summed E-state index contributed by atoms with van der Waals surface area (Å²) in [5, 5.41) is 8.75. The predicted octanol–water partition coefficient (Wildman–Crippen LogP) is 2.80. The van der Waals surface area contributed by atoms with Crippen LogP contribution >= 0.6 is 0 Å². The molecule has 0 fully saturated rings. The zero-order chi connectivity index (χ0) is 9.14. The summed E-state index contributed by atoms with van der Waals surface area (Å²) in [5.41, 5.74) is 2.90. The Morgan fingerprint density at radius 2 is 2.17 bits per heavy atom. The van der Waals surface area contributed by atoms with Crippen molar-refractivity contribution >= 4 is 0 Å². The largest absolute Gasteiger partial charge is 0.192 e. The Labute approximate surface area is 73.6 Å². The first kappa shape index (κ1) is 8.80. The smallest absolute Gasteiger partial charge is 0.0994 e. The molecule has 1 rings (SSSR count). The van der Waals surface area contributed by atoms with Crippen molar-refractivity contribution in [2.24, 2.45) is 0 Å². The second-order valence-corrected chi connectivity index (χ2v) is 3.09. The van der Waals surface area contributed by atoms with Crippen molar-refractivity contribution in [3.8, 4) is 6.07 Å². The molecule has 1 radical (unpaired) electrons. The molecule has 0 spiro atoms. The Hall–Kier alpha value is -1.29. The van der Waals surface area contributed by atoms with E-state index in [9.17, 15) is 0 Å². The Kier molecular flexibility index (Phi) is 2.50. The van der Waals surface area contributed by atoms with Gasteiger partial charge in [-0.1, -0.05) is 19.1 Å². The second-order valence-electron chi connectivity index (χ2n) is 3.09. The Morgan fingerprint density at radius 3 is 2.67 bits per heavy atom. The van der Waals surface area contributed by atoms with Crippen LogP contribution in [0.25, 0.3) is 0 Å². The van der Waals surface area contributed by atoms with Crippen LogP contribution in [0.15, 0.2) is 18.2 Å². The van der Waals surface area contributed by atoms with Crippen LogP contribution in [0.2, 0.25) is 0 Å². The lowest BCUT2D eigenvalue weighted by atomic mass is 9.98. The van der Waals surface area contributed by atoms with Gasteiger partial charge >= 0.3 is 0 Å². The molecule has 0 N–H and O–H groups in total. The van der Waals surface area contributed by atoms with Crippen molar-refractivity contribution in [1.82, 2.24) is 0 Å². The monoisotopic (exact) mass is 158 g/mol. The molecule has 0 heterocycles. The summed E-state index contributed by atoms with van der Waals surface area (Å²) in [4.78, 5) is 0. The molecule has 0 bridgehead atoms. The van der Waals surface area contributed by atoms with Crippen LogP contribution in [-0.4, -0.2) is 0 Å². The summed E-state index contributed by atoms with van der Waals surface area (Å²) < 4.78 is 0. The zero-order valence-electron chi connectivity index (χ0n) is 7.46. The molecule has 0 saturated carbocycles. The van der Waals surface area contributed by atoms with E-state index in [0.29, 0.717) is 0 Å². The first-order valence-electron chi connectivity index (χ1n) is 3.99. The molecule has 1 atom stereocenters. The molecule has 0 amide bonds. The van der Waals surface area contributed by atoms with E-state index < -0.39 is 0 Å². The summed E-state index contributed by atoms with van der Waals surface area (Å²) in [6, 6.07) is 8.06. The van der Waals surface area contributed by atoms with Crippen molar-refractivity contribution < 1.29 is 0 Å². The van der Waals surface area contributed by atoms with Crippen molar-refractivity contribution in [2.45, 2.75) is 19.8 Å². The minimum atomic E-state index is 0.248. The fraction of sp³-hybridized carbons (Fsp3) is 0.273. The van der Waals surface area contributed by atoms with E-state index in [0.717, 1.165) is 16.7 Å². The molecule has 0 aromatic heterocycles. The number of nitrogens with zero attached hydrogens (tertiary/aromatic N) is 1. The van der Waals surface area contributed by atoms with Crippen LogP contribution < -0.4 is 0 Å². The lowest BCUT2D eigenvalue weighted by Crippen LogP contribution is -1.90. The highest BCUT2D eigenvalue weighted by Crippen LogP contribution is 2.17. The standard InChI is InChI=1S/C11H12N/c1-8(2)10-5-4-9(3)11(6-10)7-12/h4-6,8H,1H2,2-3H3. The lowest BCUT2D eigenvalue weighted by molar-refractivity contribution is 0.961. The zero-order valence-corrected chi connectivity index (χ0v) is 7.46. The number of hydrogen-bond acceptors (Lipinski definition) is 1. The van der Waals surface area contributed by atoms with Gasteiger partial charge in [0.1, 0.15) is 0 Å². The summed E-state index contributed by atoms with van der Waals surface area (Å²) >= 11 is 0. The van der Waals surface area contributed by atoms with Crippen LogP contribution in [0, 0.1) is 25.2 Å². The van der Waals surface area contributed by atoms with Gasteiger partial charge in [-0.3, -0.25) is 0 Å². The van der Waals surface area contributed by atoms with Gasteiger partial charge in [-0.15, -0.1) is 0 Å². The van der Waals surface area contributed by atoms with Crippen LogP contribution in [0.4, 0.5) is 0 Å². The highest BCUT2D eigenvalue weighted by atomic mass is 14.2. The number of nitriles is 1. The molecule has 1 nitrogen and oxygen atoms in total. The normalized spacial score (nSPS) is 9.92. The molecule has 0 aliphatic carbocycles. The minimum Gasteiger partial charge on any atom is -0.192 e. The van der Waals surface area contributed by atoms with Crippen LogP contribution in [0.5, 0.6) is 0 Å². The van der Waals surface area contributed by atoms with Crippen LogP contribution in [0.1, 0.15) is 29.5 Å². The van der Waals surface area contributed by atoms with E-state index in [1.807, 2.05) is 32.0 Å². The molecular weight excluding hydrogens is 146 g/mol. The first-order valence-corrected chi connectivity index (χ1v) is 3.99. The molecule has 12 heavy (non-hydrogen) atoms. The Morgan fingerprint density at radius 1 is 1.50 bits per heavy atom. The van der Waals surface area contributed by atoms with Gasteiger partial charge in [0.15, 0.2) is 0 Å². The van der Waals surface area contributed by atoms with E-state index in [1.54, 1.807) is 0 Å². The molecule has 0 saturated heterocycles. The van der Waals surface area contributed by atoms with Crippen LogP contribution in [-0.2, 0) is 0 Å². The summed E-state index contributed by atoms with van der Waals surface area (Å²) in [6.45, 7) is 7.86. The second kappa shape index (κ2) is 3.40. The Bertz CT molecular complexity index is 318. The highest BCUT2D eigenvalue weighted by Gasteiger charge is 2.02. The fourth-order valence-electron chi connectivity index (χ4n) is 1.07. The van der Waals surface area contributed by atoms with Gasteiger partial charge in [-0.05, 0) is 37.0 Å². The maximum Gasteiger partial charge on any atom is 0.0994 e. The minimum absolute atomic E-state index is 0.248. The molecule has 0 aliphatic heterocycles. The van der Waals surface area contributed by atoms with Crippen molar-refractivity contribution in [1.29, 1.82) is 5.26 Å². The topological polar surface area (TPSA) is 23.8 Å². The number of benzene rings is 1. The molecule has 1 aromatic rings. The summed E-state index contributed by atoms with van der Waals surface area (Å²) in [5.74, 6) is 0.248.